The van der Waals surface area contributed by atoms with Crippen molar-refractivity contribution in [3.05, 3.63) is 17.7 Å². The van der Waals surface area contributed by atoms with Gasteiger partial charge >= 0.3 is 0 Å². The Morgan fingerprint density at radius 2 is 2.43 bits per heavy atom. The van der Waals surface area contributed by atoms with E-state index in [1.807, 2.05) is 6.20 Å². The molecule has 2 heterocycles. The molecule has 1 atom stereocenters. The third-order valence-corrected chi connectivity index (χ3v) is 2.69. The van der Waals surface area contributed by atoms with Crippen LogP contribution >= 0.6 is 12.4 Å². The molecule has 0 bridgehead atoms. The van der Waals surface area contributed by atoms with Crippen LogP contribution < -0.4 is 5.73 Å². The van der Waals surface area contributed by atoms with Crippen molar-refractivity contribution in [3.8, 4) is 0 Å². The molecule has 0 saturated heterocycles. The van der Waals surface area contributed by atoms with Gasteiger partial charge in [0, 0.05) is 37.3 Å². The van der Waals surface area contributed by atoms with Gasteiger partial charge in [0.2, 0.25) is 0 Å². The zero-order chi connectivity index (χ0) is 9.26. The Balaban J connectivity index is 0.000000980. The first kappa shape index (κ1) is 11.5. The molecule has 2 N–H and O–H groups in total. The molecule has 1 unspecified atom stereocenters. The van der Waals surface area contributed by atoms with Gasteiger partial charge in [0.1, 0.15) is 5.82 Å². The Hall–Kier alpha value is -0.540. The average Bonchev–Trinajstić information content (AvgIpc) is 2.49. The molecule has 0 spiro atoms. The number of halogens is 1. The van der Waals surface area contributed by atoms with Gasteiger partial charge in [-0.25, -0.2) is 4.98 Å². The van der Waals surface area contributed by atoms with Crippen molar-refractivity contribution in [3.63, 3.8) is 0 Å². The standard InChI is InChI=1S/C10H17N3.ClH/c1-2-3-10-12-7-9-6-8(11)4-5-13(9)10;/h7-8H,2-6,11H2,1H3;1H. The highest BCUT2D eigenvalue weighted by Gasteiger charge is 2.17. The number of fused-ring (bicyclic) bond motifs is 1. The minimum absolute atomic E-state index is 0. The molecule has 14 heavy (non-hydrogen) atoms. The van der Waals surface area contributed by atoms with E-state index in [-0.39, 0.29) is 12.4 Å². The molecular weight excluding hydrogens is 198 g/mol. The summed E-state index contributed by atoms with van der Waals surface area (Å²) in [4.78, 5) is 4.43. The second kappa shape index (κ2) is 4.80. The molecule has 80 valence electrons. The molecule has 3 nitrogen and oxygen atoms in total. The van der Waals surface area contributed by atoms with E-state index in [4.69, 9.17) is 5.73 Å². The van der Waals surface area contributed by atoms with Crippen molar-refractivity contribution in [1.82, 2.24) is 9.55 Å². The highest BCUT2D eigenvalue weighted by molar-refractivity contribution is 5.85. The van der Waals surface area contributed by atoms with E-state index in [0.717, 1.165) is 25.8 Å². The molecular formula is C10H18ClN3. The Bertz CT molecular complexity index is 282. The topological polar surface area (TPSA) is 43.8 Å². The second-order valence-corrected chi connectivity index (χ2v) is 3.82. The first-order valence-corrected chi connectivity index (χ1v) is 5.10. The maximum atomic E-state index is 5.89. The predicted molar refractivity (Wildman–Crippen MR) is 59.8 cm³/mol. The molecule has 0 aliphatic carbocycles. The zero-order valence-electron chi connectivity index (χ0n) is 8.57. The van der Waals surface area contributed by atoms with Gasteiger partial charge in [0.15, 0.2) is 0 Å². The van der Waals surface area contributed by atoms with Gasteiger partial charge in [-0.15, -0.1) is 12.4 Å². The van der Waals surface area contributed by atoms with E-state index >= 15 is 0 Å². The quantitative estimate of drug-likeness (QED) is 0.813. The molecule has 1 aromatic rings. The Morgan fingerprint density at radius 1 is 1.64 bits per heavy atom. The van der Waals surface area contributed by atoms with E-state index in [2.05, 4.69) is 16.5 Å². The summed E-state index contributed by atoms with van der Waals surface area (Å²) in [6.45, 7) is 3.25. The lowest BCUT2D eigenvalue weighted by molar-refractivity contribution is 0.459. The maximum absolute atomic E-state index is 5.89. The van der Waals surface area contributed by atoms with Gasteiger partial charge in [0.25, 0.3) is 0 Å². The lowest BCUT2D eigenvalue weighted by Crippen LogP contribution is -2.31. The number of hydrogen-bond donors (Lipinski definition) is 1. The summed E-state index contributed by atoms with van der Waals surface area (Å²) >= 11 is 0. The third-order valence-electron chi connectivity index (χ3n) is 2.69. The summed E-state index contributed by atoms with van der Waals surface area (Å²) in [5, 5.41) is 0. The summed E-state index contributed by atoms with van der Waals surface area (Å²) in [7, 11) is 0. The van der Waals surface area contributed by atoms with Crippen molar-refractivity contribution in [1.29, 1.82) is 0 Å². The first-order valence-electron chi connectivity index (χ1n) is 5.10. The van der Waals surface area contributed by atoms with E-state index < -0.39 is 0 Å². The summed E-state index contributed by atoms with van der Waals surface area (Å²) in [6, 6.07) is 0.346. The van der Waals surface area contributed by atoms with Crippen LogP contribution in [-0.2, 0) is 19.4 Å². The molecule has 0 saturated carbocycles. The number of aromatic nitrogens is 2. The molecule has 1 aliphatic rings. The maximum Gasteiger partial charge on any atom is 0.108 e. The number of rotatable bonds is 2. The van der Waals surface area contributed by atoms with E-state index in [1.165, 1.54) is 17.9 Å². The predicted octanol–water partition coefficient (Wildman–Crippen LogP) is 1.53. The zero-order valence-corrected chi connectivity index (χ0v) is 9.39. The summed E-state index contributed by atoms with van der Waals surface area (Å²) in [5.41, 5.74) is 7.21. The van der Waals surface area contributed by atoms with Crippen molar-refractivity contribution in [2.45, 2.75) is 45.2 Å². The van der Waals surface area contributed by atoms with Gasteiger partial charge in [-0.2, -0.15) is 0 Å². The van der Waals surface area contributed by atoms with Crippen LogP contribution in [0.15, 0.2) is 6.20 Å². The van der Waals surface area contributed by atoms with E-state index in [1.54, 1.807) is 0 Å². The lowest BCUT2D eigenvalue weighted by Gasteiger charge is -2.21. The molecule has 1 aromatic heterocycles. The number of aryl methyl sites for hydroxylation is 1. The van der Waals surface area contributed by atoms with Crippen LogP contribution in [0.2, 0.25) is 0 Å². The SMILES string of the molecule is CCCc1ncc2n1CCC(N)C2.Cl. The molecule has 4 heteroatoms. The average molecular weight is 216 g/mol. The normalized spacial score (nSPS) is 20.0. The Labute approximate surface area is 91.1 Å². The van der Waals surface area contributed by atoms with Gasteiger partial charge in [-0.3, -0.25) is 0 Å². The smallest absolute Gasteiger partial charge is 0.108 e. The van der Waals surface area contributed by atoms with Gasteiger partial charge in [0.05, 0.1) is 0 Å². The Kier molecular flexibility index (Phi) is 3.96. The fourth-order valence-corrected chi connectivity index (χ4v) is 1.98. The first-order chi connectivity index (χ1) is 6.31. The molecule has 2 rings (SSSR count). The minimum atomic E-state index is 0. The fraction of sp³-hybridized carbons (Fsp3) is 0.700. The number of nitrogens with zero attached hydrogens (tertiary/aromatic N) is 2. The van der Waals surface area contributed by atoms with E-state index in [0.29, 0.717) is 6.04 Å². The van der Waals surface area contributed by atoms with Gasteiger partial charge in [-0.05, 0) is 12.8 Å². The number of imidazole rings is 1. The van der Waals surface area contributed by atoms with Gasteiger partial charge < -0.3 is 10.3 Å². The minimum Gasteiger partial charge on any atom is -0.332 e. The van der Waals surface area contributed by atoms with Crippen LogP contribution in [-0.4, -0.2) is 15.6 Å². The van der Waals surface area contributed by atoms with Crippen molar-refractivity contribution < 1.29 is 0 Å². The Morgan fingerprint density at radius 3 is 3.14 bits per heavy atom. The van der Waals surface area contributed by atoms with Crippen LogP contribution in [0, 0.1) is 0 Å². The van der Waals surface area contributed by atoms with Crippen LogP contribution in [0.4, 0.5) is 0 Å². The third kappa shape index (κ3) is 2.10. The van der Waals surface area contributed by atoms with Crippen LogP contribution in [0.3, 0.4) is 0 Å². The fourth-order valence-electron chi connectivity index (χ4n) is 1.98. The van der Waals surface area contributed by atoms with Crippen LogP contribution in [0.1, 0.15) is 31.3 Å². The van der Waals surface area contributed by atoms with Crippen LogP contribution in [0.25, 0.3) is 0 Å². The van der Waals surface area contributed by atoms with Crippen molar-refractivity contribution in [2.75, 3.05) is 0 Å². The second-order valence-electron chi connectivity index (χ2n) is 3.82. The monoisotopic (exact) mass is 215 g/mol. The number of nitrogens with two attached hydrogens (primary N) is 1. The largest absolute Gasteiger partial charge is 0.332 e. The molecule has 0 aromatic carbocycles. The molecule has 0 fully saturated rings. The molecule has 0 radical (unpaired) electrons. The van der Waals surface area contributed by atoms with Crippen molar-refractivity contribution in [2.24, 2.45) is 5.73 Å². The summed E-state index contributed by atoms with van der Waals surface area (Å²) in [5.74, 6) is 1.24. The highest BCUT2D eigenvalue weighted by atomic mass is 35.5. The lowest BCUT2D eigenvalue weighted by atomic mass is 10.1. The molecule has 0 amide bonds. The highest BCUT2D eigenvalue weighted by Crippen LogP contribution is 2.16. The molecule has 1 aliphatic heterocycles. The van der Waals surface area contributed by atoms with Gasteiger partial charge in [-0.1, -0.05) is 6.92 Å². The number of hydrogen-bond acceptors (Lipinski definition) is 2. The summed E-state index contributed by atoms with van der Waals surface area (Å²) < 4.78 is 2.34. The van der Waals surface area contributed by atoms with E-state index in [9.17, 15) is 0 Å². The van der Waals surface area contributed by atoms with Crippen molar-refractivity contribution >= 4 is 12.4 Å². The van der Waals surface area contributed by atoms with Crippen LogP contribution in [0.5, 0.6) is 0 Å². The summed E-state index contributed by atoms with van der Waals surface area (Å²) in [6.07, 6.45) is 6.35.